The Morgan fingerprint density at radius 3 is 2.12 bits per heavy atom. The maximum Gasteiger partial charge on any atom is 0.331 e. The lowest BCUT2D eigenvalue weighted by molar-refractivity contribution is -0.143. The molecule has 0 spiro atoms. The molecule has 1 N–H and O–H groups in total. The number of allylic oxidation sites excluding steroid dienone is 1. The summed E-state index contributed by atoms with van der Waals surface area (Å²) in [6, 6.07) is 26.9. The Kier molecular flexibility index (Phi) is 11.5. The van der Waals surface area contributed by atoms with E-state index in [0.29, 0.717) is 6.54 Å². The molecule has 3 aromatic rings. The van der Waals surface area contributed by atoms with Crippen molar-refractivity contribution >= 4 is 24.4 Å². The quantitative estimate of drug-likeness (QED) is 0.283. The number of esters is 1. The molecule has 0 fully saturated rings. The van der Waals surface area contributed by atoms with Crippen LogP contribution in [0.3, 0.4) is 0 Å². The predicted molar refractivity (Wildman–Crippen MR) is 133 cm³/mol. The third kappa shape index (κ3) is 9.80. The van der Waals surface area contributed by atoms with Gasteiger partial charge in [-0.3, -0.25) is 4.79 Å². The number of aldehydes is 1. The molecule has 0 aliphatic carbocycles. The first-order chi connectivity index (χ1) is 16.2. The summed E-state index contributed by atoms with van der Waals surface area (Å²) >= 11 is 0. The van der Waals surface area contributed by atoms with Crippen molar-refractivity contribution < 1.29 is 19.1 Å². The summed E-state index contributed by atoms with van der Waals surface area (Å²) in [4.78, 5) is 22.0. The third-order valence-electron chi connectivity index (χ3n) is 4.49. The van der Waals surface area contributed by atoms with Gasteiger partial charge in [-0.1, -0.05) is 78.9 Å². The molecule has 170 valence electrons. The van der Waals surface area contributed by atoms with Gasteiger partial charge in [-0.2, -0.15) is 0 Å². The minimum absolute atomic E-state index is 0.372. The molecule has 0 saturated carbocycles. The fourth-order valence-electron chi connectivity index (χ4n) is 2.88. The molecule has 0 aliphatic rings. The van der Waals surface area contributed by atoms with Crippen LogP contribution in [0.25, 0.3) is 12.2 Å². The Bertz CT molecular complexity index is 1030. The van der Waals surface area contributed by atoms with Crippen LogP contribution in [0.2, 0.25) is 0 Å². The number of ether oxygens (including phenoxy) is 2. The van der Waals surface area contributed by atoms with Crippen LogP contribution in [-0.2, 0) is 14.3 Å². The molecule has 5 heteroatoms. The number of rotatable bonds is 9. The molecule has 1 atom stereocenters. The lowest BCUT2D eigenvalue weighted by atomic mass is 10.1. The average Bonchev–Trinajstić information content (AvgIpc) is 2.87. The van der Waals surface area contributed by atoms with Gasteiger partial charge in [0.15, 0.2) is 0 Å². The van der Waals surface area contributed by atoms with Gasteiger partial charge in [-0.25, -0.2) is 4.79 Å². The number of carbonyl (C=O) groups is 2. The largest absolute Gasteiger partial charge is 0.497 e. The fraction of sp³-hybridized carbons (Fsp3) is 0.143. The van der Waals surface area contributed by atoms with E-state index >= 15 is 0 Å². The molecule has 33 heavy (non-hydrogen) atoms. The highest BCUT2D eigenvalue weighted by Gasteiger charge is 2.15. The maximum atomic E-state index is 12.1. The van der Waals surface area contributed by atoms with Gasteiger partial charge in [-0.15, -0.1) is 0 Å². The number of likely N-dealkylation sites (N-methyl/N-ethyl adjacent to an activating group) is 1. The zero-order valence-corrected chi connectivity index (χ0v) is 18.9. The van der Waals surface area contributed by atoms with Crippen molar-refractivity contribution in [3.63, 3.8) is 0 Å². The zero-order chi connectivity index (χ0) is 23.7. The van der Waals surface area contributed by atoms with Crippen molar-refractivity contribution in [2.45, 2.75) is 6.10 Å². The summed E-state index contributed by atoms with van der Waals surface area (Å²) < 4.78 is 10.8. The van der Waals surface area contributed by atoms with Gasteiger partial charge >= 0.3 is 5.97 Å². The second kappa shape index (κ2) is 14.9. The first-order valence-electron chi connectivity index (χ1n) is 10.6. The van der Waals surface area contributed by atoms with Gasteiger partial charge in [-0.05, 0) is 48.0 Å². The molecule has 0 bridgehead atoms. The highest BCUT2D eigenvalue weighted by Crippen LogP contribution is 2.22. The van der Waals surface area contributed by atoms with Crippen molar-refractivity contribution in [1.82, 2.24) is 5.32 Å². The lowest BCUT2D eigenvalue weighted by Crippen LogP contribution is -2.21. The molecule has 3 rings (SSSR count). The van der Waals surface area contributed by atoms with E-state index in [0.717, 1.165) is 28.7 Å². The highest BCUT2D eigenvalue weighted by atomic mass is 16.5. The molecule has 0 amide bonds. The molecule has 0 heterocycles. The molecule has 0 aromatic heterocycles. The normalized spacial score (nSPS) is 11.5. The Labute approximate surface area is 195 Å². The summed E-state index contributed by atoms with van der Waals surface area (Å²) in [6.45, 7) is 0.526. The Morgan fingerprint density at radius 2 is 1.55 bits per heavy atom. The van der Waals surface area contributed by atoms with Crippen LogP contribution in [0.15, 0.2) is 97.1 Å². The Morgan fingerprint density at radius 1 is 0.909 bits per heavy atom. The minimum atomic E-state index is -0.378. The van der Waals surface area contributed by atoms with Crippen LogP contribution in [0, 0.1) is 0 Å². The van der Waals surface area contributed by atoms with Gasteiger partial charge in [0, 0.05) is 12.6 Å². The van der Waals surface area contributed by atoms with Crippen LogP contribution in [0.4, 0.5) is 0 Å². The first-order valence-corrected chi connectivity index (χ1v) is 10.6. The number of hydrogen-bond acceptors (Lipinski definition) is 5. The van der Waals surface area contributed by atoms with E-state index in [2.05, 4.69) is 5.32 Å². The van der Waals surface area contributed by atoms with Crippen LogP contribution in [0.1, 0.15) is 22.8 Å². The summed E-state index contributed by atoms with van der Waals surface area (Å²) in [7, 11) is 3.43. The first kappa shape index (κ1) is 25.3. The second-order valence-corrected chi connectivity index (χ2v) is 6.91. The van der Waals surface area contributed by atoms with Gasteiger partial charge in [0.2, 0.25) is 0 Å². The highest BCUT2D eigenvalue weighted by molar-refractivity contribution is 5.87. The standard InChI is InChI=1S/C19H21NO3.C9H8O/c1-20-14-18(16-9-6-10-17(13-16)22-2)23-19(21)12-11-15-7-4-3-5-8-15;10-8-4-7-9-5-2-1-3-6-9/h3-13,18,20H,14H2,1-2H3;1-8H/b12-11+;7-4+. The summed E-state index contributed by atoms with van der Waals surface area (Å²) in [6.07, 6.45) is 6.83. The van der Waals surface area contributed by atoms with Gasteiger partial charge < -0.3 is 14.8 Å². The van der Waals surface area contributed by atoms with Crippen molar-refractivity contribution in [3.05, 3.63) is 114 Å². The van der Waals surface area contributed by atoms with Crippen LogP contribution >= 0.6 is 0 Å². The van der Waals surface area contributed by atoms with Gasteiger partial charge in [0.05, 0.1) is 7.11 Å². The van der Waals surface area contributed by atoms with E-state index in [4.69, 9.17) is 9.47 Å². The van der Waals surface area contributed by atoms with Crippen LogP contribution in [-0.4, -0.2) is 33.0 Å². The van der Waals surface area contributed by atoms with E-state index in [9.17, 15) is 9.59 Å². The molecule has 5 nitrogen and oxygen atoms in total. The van der Waals surface area contributed by atoms with Crippen molar-refractivity contribution in [3.8, 4) is 5.75 Å². The molecule has 3 aromatic carbocycles. The fourth-order valence-corrected chi connectivity index (χ4v) is 2.88. The molecular weight excluding hydrogens is 414 g/mol. The number of methoxy groups -OCH3 is 1. The molecular formula is C28H29NO4. The third-order valence-corrected chi connectivity index (χ3v) is 4.49. The summed E-state index contributed by atoms with van der Waals surface area (Å²) in [5.74, 6) is 0.358. The number of benzene rings is 3. The lowest BCUT2D eigenvalue weighted by Gasteiger charge is -2.17. The molecule has 0 saturated heterocycles. The second-order valence-electron chi connectivity index (χ2n) is 6.91. The SMILES string of the molecule is CNCC(OC(=O)/C=C/c1ccccc1)c1cccc(OC)c1.O=C/C=C/c1ccccc1. The van der Waals surface area contributed by atoms with E-state index < -0.39 is 0 Å². The molecule has 1 unspecified atom stereocenters. The summed E-state index contributed by atoms with van der Waals surface area (Å²) in [5.41, 5.74) is 2.89. The zero-order valence-electron chi connectivity index (χ0n) is 18.9. The van der Waals surface area contributed by atoms with Crippen LogP contribution < -0.4 is 10.1 Å². The number of hydrogen-bond donors (Lipinski definition) is 1. The van der Waals surface area contributed by atoms with Crippen molar-refractivity contribution in [2.75, 3.05) is 20.7 Å². The van der Waals surface area contributed by atoms with E-state index in [1.54, 1.807) is 19.3 Å². The Balaban J connectivity index is 0.000000321. The van der Waals surface area contributed by atoms with E-state index in [1.165, 1.54) is 12.2 Å². The smallest absolute Gasteiger partial charge is 0.331 e. The molecule has 0 aliphatic heterocycles. The average molecular weight is 444 g/mol. The molecule has 0 radical (unpaired) electrons. The topological polar surface area (TPSA) is 64.6 Å². The van der Waals surface area contributed by atoms with E-state index in [1.807, 2.05) is 92.0 Å². The van der Waals surface area contributed by atoms with E-state index in [-0.39, 0.29) is 12.1 Å². The van der Waals surface area contributed by atoms with Gasteiger partial charge in [0.1, 0.15) is 18.1 Å². The summed E-state index contributed by atoms with van der Waals surface area (Å²) in [5, 5.41) is 3.04. The number of nitrogens with one attached hydrogen (secondary N) is 1. The maximum absolute atomic E-state index is 12.1. The minimum Gasteiger partial charge on any atom is -0.497 e. The van der Waals surface area contributed by atoms with Crippen molar-refractivity contribution in [1.29, 1.82) is 0 Å². The Hall–Kier alpha value is -3.96. The van der Waals surface area contributed by atoms with Crippen LogP contribution in [0.5, 0.6) is 5.75 Å². The van der Waals surface area contributed by atoms with Crippen molar-refractivity contribution in [2.24, 2.45) is 0 Å². The van der Waals surface area contributed by atoms with Gasteiger partial charge in [0.25, 0.3) is 0 Å². The number of carbonyl (C=O) groups excluding carboxylic acids is 2. The monoisotopic (exact) mass is 443 g/mol. The predicted octanol–water partition coefficient (Wildman–Crippen LogP) is 5.11.